The Morgan fingerprint density at radius 1 is 0.800 bits per heavy atom. The molecule has 2 rings (SSSR count). The van der Waals surface area contributed by atoms with Crippen LogP contribution in [0.15, 0.2) is 54.7 Å². The SMILES string of the molecule is Cl.Cl.[Ir][n+]1ccccc1-c1ccccc1. The summed E-state index contributed by atoms with van der Waals surface area (Å²) in [6.45, 7) is 0. The van der Waals surface area contributed by atoms with Gasteiger partial charge in [0.15, 0.2) is 0 Å². The monoisotopic (exact) mass is 420 g/mol. The van der Waals surface area contributed by atoms with E-state index < -0.39 is 0 Å². The maximum atomic E-state index is 2.12. The van der Waals surface area contributed by atoms with Crippen molar-refractivity contribution in [2.24, 2.45) is 0 Å². The van der Waals surface area contributed by atoms with E-state index in [1.807, 2.05) is 12.1 Å². The van der Waals surface area contributed by atoms with Gasteiger partial charge in [-0.2, -0.15) is 0 Å². The predicted octanol–water partition coefficient (Wildman–Crippen LogP) is 2.79. The van der Waals surface area contributed by atoms with E-state index in [1.165, 1.54) is 11.3 Å². The van der Waals surface area contributed by atoms with Crippen LogP contribution in [-0.4, -0.2) is 0 Å². The van der Waals surface area contributed by atoms with Gasteiger partial charge in [0, 0.05) is 0 Å². The Bertz CT molecular complexity index is 406. The molecule has 0 aliphatic rings. The zero-order valence-corrected chi connectivity index (χ0v) is 11.8. The minimum absolute atomic E-state index is 0. The molecule has 2 aromatic rings. The van der Waals surface area contributed by atoms with Gasteiger partial charge >= 0.3 is 88.4 Å². The first-order valence-electron chi connectivity index (χ1n) is 4.08. The molecule has 82 valence electrons. The summed E-state index contributed by atoms with van der Waals surface area (Å²) in [4.78, 5) is 0. The second-order valence-electron chi connectivity index (χ2n) is 2.74. The minimum atomic E-state index is 0. The molecule has 0 saturated heterocycles. The molecule has 0 saturated carbocycles. The number of pyridine rings is 1. The average Bonchev–Trinajstić information content (AvgIpc) is 2.20. The number of benzene rings is 1. The molecule has 0 N–H and O–H groups in total. The Labute approximate surface area is 113 Å². The molecular formula is C11H11Cl2IrN+. The molecule has 0 atom stereocenters. The Morgan fingerprint density at radius 2 is 1.40 bits per heavy atom. The molecule has 1 aromatic heterocycles. The van der Waals surface area contributed by atoms with E-state index in [9.17, 15) is 0 Å². The van der Waals surface area contributed by atoms with Crippen molar-refractivity contribution in [2.45, 2.75) is 0 Å². The Hall–Kier alpha value is -0.401. The Kier molecular flexibility index (Phi) is 6.78. The fourth-order valence-electron chi connectivity index (χ4n) is 1.24. The molecule has 1 heterocycles. The summed E-state index contributed by atoms with van der Waals surface area (Å²) in [6, 6.07) is 16.6. The number of nitrogens with zero attached hydrogens (tertiary/aromatic N) is 1. The van der Waals surface area contributed by atoms with Crippen molar-refractivity contribution in [1.29, 1.82) is 0 Å². The van der Waals surface area contributed by atoms with Gasteiger partial charge in [-0.05, 0) is 0 Å². The van der Waals surface area contributed by atoms with Crippen LogP contribution in [0.25, 0.3) is 11.3 Å². The van der Waals surface area contributed by atoms with E-state index in [2.05, 4.69) is 65.0 Å². The number of hydrogen-bond donors (Lipinski definition) is 0. The van der Waals surface area contributed by atoms with Crippen LogP contribution in [0.1, 0.15) is 0 Å². The van der Waals surface area contributed by atoms with Crippen LogP contribution in [0, 0.1) is 0 Å². The summed E-state index contributed by atoms with van der Waals surface area (Å²) >= 11 is 2.06. The second-order valence-corrected chi connectivity index (χ2v) is 3.90. The number of halogens is 2. The number of hydrogen-bond acceptors (Lipinski definition) is 0. The van der Waals surface area contributed by atoms with Gasteiger partial charge in [-0.15, -0.1) is 24.8 Å². The molecule has 1 nitrogen and oxygen atoms in total. The third-order valence-corrected chi connectivity index (χ3v) is 2.80. The van der Waals surface area contributed by atoms with Gasteiger partial charge in [0.2, 0.25) is 0 Å². The van der Waals surface area contributed by atoms with Crippen molar-refractivity contribution in [1.82, 2.24) is 0 Å². The molecule has 0 bridgehead atoms. The summed E-state index contributed by atoms with van der Waals surface area (Å²) in [6.07, 6.45) is 2.06. The number of aromatic nitrogens is 1. The molecule has 15 heavy (non-hydrogen) atoms. The van der Waals surface area contributed by atoms with E-state index >= 15 is 0 Å². The zero-order valence-electron chi connectivity index (χ0n) is 7.79. The first-order valence-corrected chi connectivity index (χ1v) is 5.15. The predicted molar refractivity (Wildman–Crippen MR) is 62.0 cm³/mol. The van der Waals surface area contributed by atoms with Crippen molar-refractivity contribution < 1.29 is 22.4 Å². The average molecular weight is 420 g/mol. The van der Waals surface area contributed by atoms with Gasteiger partial charge in [-0.1, -0.05) is 0 Å². The van der Waals surface area contributed by atoms with E-state index in [-0.39, 0.29) is 24.8 Å². The van der Waals surface area contributed by atoms with E-state index in [0.717, 1.165) is 0 Å². The molecule has 1 aromatic carbocycles. The normalized spacial score (nSPS) is 8.67. The number of rotatable bonds is 1. The third kappa shape index (κ3) is 3.58. The van der Waals surface area contributed by atoms with Gasteiger partial charge in [-0.25, -0.2) is 0 Å². The van der Waals surface area contributed by atoms with Gasteiger partial charge in [-0.3, -0.25) is 0 Å². The van der Waals surface area contributed by atoms with Crippen LogP contribution in [0.4, 0.5) is 0 Å². The zero-order chi connectivity index (χ0) is 9.10. The summed E-state index contributed by atoms with van der Waals surface area (Å²) in [5, 5.41) is 0. The summed E-state index contributed by atoms with van der Waals surface area (Å²) < 4.78 is 2.12. The van der Waals surface area contributed by atoms with E-state index in [0.29, 0.717) is 0 Å². The summed E-state index contributed by atoms with van der Waals surface area (Å²) in [7, 11) is 0. The molecule has 0 aliphatic heterocycles. The van der Waals surface area contributed by atoms with Gasteiger partial charge < -0.3 is 0 Å². The quantitative estimate of drug-likeness (QED) is 0.668. The first-order chi connectivity index (χ1) is 6.38. The fourth-order valence-corrected chi connectivity index (χ4v) is 1.93. The van der Waals surface area contributed by atoms with Crippen LogP contribution < -0.4 is 3.24 Å². The van der Waals surface area contributed by atoms with E-state index in [4.69, 9.17) is 0 Å². The van der Waals surface area contributed by atoms with Crippen molar-refractivity contribution >= 4 is 24.8 Å². The molecule has 0 radical (unpaired) electrons. The van der Waals surface area contributed by atoms with Crippen LogP contribution in [0.5, 0.6) is 0 Å². The molecule has 4 heteroatoms. The van der Waals surface area contributed by atoms with Crippen LogP contribution >= 0.6 is 24.8 Å². The first kappa shape index (κ1) is 14.6. The van der Waals surface area contributed by atoms with Crippen molar-refractivity contribution in [3.63, 3.8) is 0 Å². The second kappa shape index (κ2) is 6.97. The van der Waals surface area contributed by atoms with Crippen molar-refractivity contribution in [3.8, 4) is 11.3 Å². The molecule has 0 aliphatic carbocycles. The third-order valence-electron chi connectivity index (χ3n) is 1.86. The van der Waals surface area contributed by atoms with E-state index in [1.54, 1.807) is 0 Å². The topological polar surface area (TPSA) is 3.88 Å². The standard InChI is InChI=1S/C11H9N.2ClH.Ir/c1-2-6-10(7-3-1)11-8-4-5-9-12-11;;;/h1-9H;2*1H;/q;;;+1. The molecule has 0 fully saturated rings. The summed E-state index contributed by atoms with van der Waals surface area (Å²) in [5.41, 5.74) is 2.49. The molecule has 0 unspecified atom stereocenters. The van der Waals surface area contributed by atoms with Gasteiger partial charge in [0.1, 0.15) is 0 Å². The fraction of sp³-hybridized carbons (Fsp3) is 0. The van der Waals surface area contributed by atoms with Crippen molar-refractivity contribution in [2.75, 3.05) is 0 Å². The molecular weight excluding hydrogens is 409 g/mol. The van der Waals surface area contributed by atoms with Gasteiger partial charge in [0.05, 0.1) is 0 Å². The Morgan fingerprint density at radius 3 is 2.00 bits per heavy atom. The van der Waals surface area contributed by atoms with Crippen LogP contribution in [0.3, 0.4) is 0 Å². The molecule has 0 amide bonds. The Balaban J connectivity index is 0.000000980. The summed E-state index contributed by atoms with van der Waals surface area (Å²) in [5.74, 6) is 0. The van der Waals surface area contributed by atoms with Crippen LogP contribution in [-0.2, 0) is 19.1 Å². The van der Waals surface area contributed by atoms with Gasteiger partial charge in [0.25, 0.3) is 0 Å². The van der Waals surface area contributed by atoms with Crippen molar-refractivity contribution in [3.05, 3.63) is 54.7 Å². The maximum absolute atomic E-state index is 2.12. The van der Waals surface area contributed by atoms with Crippen LogP contribution in [0.2, 0.25) is 0 Å². The molecule has 0 spiro atoms.